The molecule has 6 heteroatoms. The van der Waals surface area contributed by atoms with E-state index in [1.165, 1.54) is 19.1 Å². The Bertz CT molecular complexity index is 954. The Kier molecular flexibility index (Phi) is 3.80. The van der Waals surface area contributed by atoms with Gasteiger partial charge in [0.1, 0.15) is 0 Å². The predicted octanol–water partition coefficient (Wildman–Crippen LogP) is 2.60. The fourth-order valence-corrected chi connectivity index (χ4v) is 4.66. The summed E-state index contributed by atoms with van der Waals surface area (Å²) in [5, 5.41) is 2.64. The van der Waals surface area contributed by atoms with E-state index in [0.717, 1.165) is 11.8 Å². The Balaban J connectivity index is 1.91. The van der Waals surface area contributed by atoms with Gasteiger partial charge in [0.05, 0.1) is 11.1 Å². The van der Waals surface area contributed by atoms with Gasteiger partial charge in [-0.3, -0.25) is 19.2 Å². The van der Waals surface area contributed by atoms with Gasteiger partial charge in [0.25, 0.3) is 0 Å². The first-order valence-electron chi connectivity index (χ1n) is 8.21. The molecule has 5 nitrogen and oxygen atoms in total. The van der Waals surface area contributed by atoms with Crippen molar-refractivity contribution in [3.8, 4) is 0 Å². The van der Waals surface area contributed by atoms with E-state index in [2.05, 4.69) is 5.32 Å². The van der Waals surface area contributed by atoms with Gasteiger partial charge in [-0.15, -0.1) is 0 Å². The number of carbonyl (C=O) groups is 4. The summed E-state index contributed by atoms with van der Waals surface area (Å²) in [7, 11) is 0. The highest BCUT2D eigenvalue weighted by Crippen LogP contribution is 2.48. The lowest BCUT2D eigenvalue weighted by Gasteiger charge is -2.42. The van der Waals surface area contributed by atoms with Crippen LogP contribution in [0.4, 0.5) is 0 Å². The number of carbonyl (C=O) groups excluding carboxylic acids is 4. The maximum absolute atomic E-state index is 13.2. The van der Waals surface area contributed by atoms with Crippen molar-refractivity contribution in [3.05, 3.63) is 71.0 Å². The van der Waals surface area contributed by atoms with Crippen molar-refractivity contribution < 1.29 is 19.2 Å². The molecular weight excluding hydrogens is 350 g/mol. The smallest absolute Gasteiger partial charge is 0.210 e. The Morgan fingerprint density at radius 2 is 1.69 bits per heavy atom. The largest absolute Gasteiger partial charge is 0.369 e. The van der Waals surface area contributed by atoms with E-state index in [1.807, 2.05) is 0 Å². The van der Waals surface area contributed by atoms with Crippen molar-refractivity contribution >= 4 is 34.2 Å². The third kappa shape index (κ3) is 2.49. The summed E-state index contributed by atoms with van der Waals surface area (Å²) in [6.45, 7) is 1.46. The molecule has 0 amide bonds. The van der Waals surface area contributed by atoms with Gasteiger partial charge in [0, 0.05) is 29.0 Å². The van der Waals surface area contributed by atoms with Crippen LogP contribution in [0.2, 0.25) is 0 Å². The first-order valence-corrected chi connectivity index (χ1v) is 9.09. The number of hydrogen-bond acceptors (Lipinski definition) is 6. The van der Waals surface area contributed by atoms with Gasteiger partial charge in [0.15, 0.2) is 16.7 Å². The summed E-state index contributed by atoms with van der Waals surface area (Å²) in [4.78, 5) is 49.5. The molecule has 1 aromatic rings. The maximum atomic E-state index is 13.2. The molecule has 1 atom stereocenters. The minimum atomic E-state index is -0.873. The lowest BCUT2D eigenvalue weighted by molar-refractivity contribution is -0.111. The Morgan fingerprint density at radius 1 is 1.08 bits per heavy atom. The monoisotopic (exact) mass is 365 g/mol. The lowest BCUT2D eigenvalue weighted by atomic mass is 9.66. The van der Waals surface area contributed by atoms with Crippen LogP contribution in [-0.2, 0) is 9.59 Å². The number of Topliss-reactive ketones (excluding diaryl/α,β-unsaturated/α-hetero) is 2. The molecule has 26 heavy (non-hydrogen) atoms. The van der Waals surface area contributed by atoms with Crippen LogP contribution in [0.25, 0.3) is 0 Å². The molecule has 0 fully saturated rings. The minimum Gasteiger partial charge on any atom is -0.369 e. The number of hydrogen-bond donors (Lipinski definition) is 1. The Labute approximate surface area is 154 Å². The van der Waals surface area contributed by atoms with Crippen molar-refractivity contribution in [1.82, 2.24) is 5.32 Å². The van der Waals surface area contributed by atoms with Crippen LogP contribution in [0.3, 0.4) is 0 Å². The van der Waals surface area contributed by atoms with Gasteiger partial charge in [0.2, 0.25) is 5.78 Å². The second kappa shape index (κ2) is 5.92. The van der Waals surface area contributed by atoms with E-state index in [9.17, 15) is 19.2 Å². The second-order valence-electron chi connectivity index (χ2n) is 6.51. The van der Waals surface area contributed by atoms with Crippen molar-refractivity contribution in [3.63, 3.8) is 0 Å². The average Bonchev–Trinajstić information content (AvgIpc) is 2.61. The van der Waals surface area contributed by atoms with E-state index in [1.54, 1.807) is 36.4 Å². The Hall–Kier alpha value is -2.73. The number of fused-ring (bicyclic) bond motifs is 2. The molecule has 1 heterocycles. The molecule has 0 aromatic heterocycles. The summed E-state index contributed by atoms with van der Waals surface area (Å²) in [5.41, 5.74) is 0.423. The van der Waals surface area contributed by atoms with Gasteiger partial charge in [-0.05, 0) is 18.6 Å². The molecule has 0 saturated carbocycles. The molecule has 130 valence electrons. The molecular formula is C20H15NO4S. The molecule has 4 rings (SSSR count). The van der Waals surface area contributed by atoms with Crippen LogP contribution in [0.15, 0.2) is 59.8 Å². The second-order valence-corrected chi connectivity index (χ2v) is 7.89. The molecule has 1 aromatic carbocycles. The van der Waals surface area contributed by atoms with Crippen LogP contribution in [-0.4, -0.2) is 27.8 Å². The van der Waals surface area contributed by atoms with Crippen molar-refractivity contribution in [2.24, 2.45) is 5.41 Å². The molecule has 1 spiro atoms. The fraction of sp³-hybridized carbons (Fsp3) is 0.200. The van der Waals surface area contributed by atoms with Crippen LogP contribution >= 0.6 is 11.8 Å². The van der Waals surface area contributed by atoms with Crippen molar-refractivity contribution in [2.45, 2.75) is 18.7 Å². The van der Waals surface area contributed by atoms with Gasteiger partial charge in [-0.2, -0.15) is 0 Å². The zero-order chi connectivity index (χ0) is 18.5. The molecule has 1 unspecified atom stereocenters. The molecule has 3 aliphatic rings. The van der Waals surface area contributed by atoms with Crippen molar-refractivity contribution in [1.29, 1.82) is 0 Å². The number of allylic oxidation sites excluding steroid dienone is 6. The van der Waals surface area contributed by atoms with Gasteiger partial charge < -0.3 is 5.32 Å². The van der Waals surface area contributed by atoms with E-state index < -0.39 is 5.41 Å². The summed E-state index contributed by atoms with van der Waals surface area (Å²) in [5.74, 6) is -0.651. The molecule has 0 radical (unpaired) electrons. The number of rotatable bonds is 1. The molecule has 2 aliphatic carbocycles. The molecule has 1 aliphatic heterocycles. The quantitative estimate of drug-likeness (QED) is 0.824. The molecule has 1 N–H and O–H groups in total. The fourth-order valence-electron chi connectivity index (χ4n) is 3.73. The average molecular weight is 365 g/mol. The number of nitrogens with one attached hydrogen (secondary N) is 1. The number of benzene rings is 1. The van der Waals surface area contributed by atoms with Gasteiger partial charge >= 0.3 is 0 Å². The summed E-state index contributed by atoms with van der Waals surface area (Å²) in [6.07, 6.45) is 6.60. The number of ketones is 3. The van der Waals surface area contributed by atoms with Gasteiger partial charge in [-0.25, -0.2) is 0 Å². The highest BCUT2D eigenvalue weighted by molar-refractivity contribution is 8.14. The summed E-state index contributed by atoms with van der Waals surface area (Å²) < 4.78 is 0. The zero-order valence-corrected chi connectivity index (χ0v) is 14.8. The molecule has 0 bridgehead atoms. The minimum absolute atomic E-state index is 0.0865. The van der Waals surface area contributed by atoms with Crippen molar-refractivity contribution in [2.75, 3.05) is 0 Å². The highest BCUT2D eigenvalue weighted by atomic mass is 32.2. The third-order valence-corrected chi connectivity index (χ3v) is 5.71. The van der Waals surface area contributed by atoms with Crippen LogP contribution < -0.4 is 5.32 Å². The zero-order valence-electron chi connectivity index (χ0n) is 13.9. The standard InChI is InChI=1S/C20H15NO4S/c1-11(22)26-15-10-20(8-6-12(23)7-9-20)16-17(21-15)19(25)14-5-3-2-4-13(14)18(16)24/h2-9,15,21H,10H2,1H3. The predicted molar refractivity (Wildman–Crippen MR) is 97.7 cm³/mol. The molecule has 0 saturated heterocycles. The third-order valence-electron chi connectivity index (χ3n) is 4.81. The first-order chi connectivity index (χ1) is 12.4. The van der Waals surface area contributed by atoms with Crippen LogP contribution in [0.5, 0.6) is 0 Å². The van der Waals surface area contributed by atoms with E-state index >= 15 is 0 Å². The van der Waals surface area contributed by atoms with Crippen LogP contribution in [0.1, 0.15) is 34.1 Å². The normalized spacial score (nSPS) is 23.0. The first kappa shape index (κ1) is 16.7. The topological polar surface area (TPSA) is 80.3 Å². The number of thioether (sulfide) groups is 1. The van der Waals surface area contributed by atoms with Crippen LogP contribution in [0, 0.1) is 5.41 Å². The van der Waals surface area contributed by atoms with Gasteiger partial charge in [-0.1, -0.05) is 48.2 Å². The highest BCUT2D eigenvalue weighted by Gasteiger charge is 2.48. The Morgan fingerprint density at radius 3 is 2.31 bits per heavy atom. The van der Waals surface area contributed by atoms with E-state index in [4.69, 9.17) is 0 Å². The lowest BCUT2D eigenvalue weighted by Crippen LogP contribution is -2.47. The van der Waals surface area contributed by atoms with E-state index in [-0.39, 0.29) is 33.5 Å². The SMILES string of the molecule is CC(=O)SC1CC2(C=CC(=O)C=C2)C2=C(N1)C(=O)c1ccccc1C2=O. The van der Waals surface area contributed by atoms with E-state index in [0.29, 0.717) is 23.1 Å². The summed E-state index contributed by atoms with van der Waals surface area (Å²) in [6, 6.07) is 6.72. The summed E-state index contributed by atoms with van der Waals surface area (Å²) >= 11 is 1.08. The maximum Gasteiger partial charge on any atom is 0.210 e.